The van der Waals surface area contributed by atoms with E-state index in [1.807, 2.05) is 30.3 Å². The fourth-order valence-corrected chi connectivity index (χ4v) is 2.10. The van der Waals surface area contributed by atoms with Crippen molar-refractivity contribution in [2.75, 3.05) is 26.8 Å². The van der Waals surface area contributed by atoms with E-state index in [0.717, 1.165) is 24.9 Å². The molecule has 4 heteroatoms. The van der Waals surface area contributed by atoms with Crippen molar-refractivity contribution in [1.29, 1.82) is 0 Å². The van der Waals surface area contributed by atoms with Crippen molar-refractivity contribution < 1.29 is 9.53 Å². The van der Waals surface area contributed by atoms with E-state index in [2.05, 4.69) is 6.92 Å². The zero-order valence-corrected chi connectivity index (χ0v) is 12.8. The molecule has 4 nitrogen and oxygen atoms in total. The summed E-state index contributed by atoms with van der Waals surface area (Å²) >= 11 is 0. The van der Waals surface area contributed by atoms with Gasteiger partial charge in [0, 0.05) is 20.2 Å². The van der Waals surface area contributed by atoms with Crippen LogP contribution in [0.5, 0.6) is 0 Å². The average Bonchev–Trinajstić information content (AvgIpc) is 2.47. The average molecular weight is 278 g/mol. The molecule has 0 radical (unpaired) electrons. The van der Waals surface area contributed by atoms with Crippen LogP contribution < -0.4 is 5.73 Å². The van der Waals surface area contributed by atoms with Crippen LogP contribution in [0.15, 0.2) is 30.3 Å². The number of carbonyl (C=O) groups excluding carboxylic acids is 1. The Morgan fingerprint density at radius 1 is 1.30 bits per heavy atom. The second-order valence-electron chi connectivity index (χ2n) is 5.21. The first-order chi connectivity index (χ1) is 9.54. The summed E-state index contributed by atoms with van der Waals surface area (Å²) in [4.78, 5) is 14.5. The topological polar surface area (TPSA) is 55.6 Å². The summed E-state index contributed by atoms with van der Waals surface area (Å²) in [6.07, 6.45) is 2.02. The summed E-state index contributed by atoms with van der Waals surface area (Å²) in [6, 6.07) is 9.51. The van der Waals surface area contributed by atoms with Crippen LogP contribution in [0, 0.1) is 0 Å². The van der Waals surface area contributed by atoms with Crippen LogP contribution in [0.2, 0.25) is 0 Å². The maximum absolute atomic E-state index is 12.7. The molecule has 0 saturated heterocycles. The minimum absolute atomic E-state index is 0.0470. The molecule has 1 aromatic carbocycles. The minimum Gasteiger partial charge on any atom is -0.383 e. The Kier molecular flexibility index (Phi) is 6.68. The first-order valence-electron chi connectivity index (χ1n) is 7.16. The van der Waals surface area contributed by atoms with Gasteiger partial charge >= 0.3 is 0 Å². The summed E-state index contributed by atoms with van der Waals surface area (Å²) in [5.74, 6) is -0.0470. The van der Waals surface area contributed by atoms with Gasteiger partial charge in [0.05, 0.1) is 6.61 Å². The largest absolute Gasteiger partial charge is 0.383 e. The van der Waals surface area contributed by atoms with E-state index in [9.17, 15) is 4.79 Å². The predicted octanol–water partition coefficient (Wildman–Crippen LogP) is 2.14. The van der Waals surface area contributed by atoms with E-state index in [1.165, 1.54) is 0 Å². The number of hydrogen-bond donors (Lipinski definition) is 1. The van der Waals surface area contributed by atoms with E-state index in [1.54, 1.807) is 18.9 Å². The van der Waals surface area contributed by atoms with Crippen LogP contribution in [0.4, 0.5) is 0 Å². The molecule has 112 valence electrons. The van der Waals surface area contributed by atoms with Gasteiger partial charge in [-0.2, -0.15) is 0 Å². The highest BCUT2D eigenvalue weighted by Crippen LogP contribution is 2.20. The fourth-order valence-electron chi connectivity index (χ4n) is 2.10. The molecule has 0 fully saturated rings. The fraction of sp³-hybridized carbons (Fsp3) is 0.562. The number of rotatable bonds is 8. The molecule has 1 amide bonds. The lowest BCUT2D eigenvalue weighted by Crippen LogP contribution is -2.52. The normalized spacial score (nSPS) is 13.8. The van der Waals surface area contributed by atoms with Crippen LogP contribution >= 0.6 is 0 Å². The predicted molar refractivity (Wildman–Crippen MR) is 81.3 cm³/mol. The molecule has 0 aliphatic carbocycles. The molecule has 20 heavy (non-hydrogen) atoms. The van der Waals surface area contributed by atoms with Gasteiger partial charge in [-0.3, -0.25) is 4.79 Å². The molecule has 0 heterocycles. The lowest BCUT2D eigenvalue weighted by atomic mass is 9.91. The lowest BCUT2D eigenvalue weighted by molar-refractivity contribution is -0.137. The summed E-state index contributed by atoms with van der Waals surface area (Å²) in [7, 11) is 1.64. The molecule has 1 rings (SSSR count). The Labute approximate surface area is 121 Å². The van der Waals surface area contributed by atoms with Crippen LogP contribution in [0.3, 0.4) is 0 Å². The lowest BCUT2D eigenvalue weighted by Gasteiger charge is -2.32. The minimum atomic E-state index is -0.997. The molecule has 0 spiro atoms. The van der Waals surface area contributed by atoms with Crippen molar-refractivity contribution in [1.82, 2.24) is 4.90 Å². The molecule has 1 atom stereocenters. The molecule has 0 saturated carbocycles. The zero-order valence-electron chi connectivity index (χ0n) is 12.8. The first kappa shape index (κ1) is 16.7. The number of ether oxygens (including phenoxy) is 1. The third kappa shape index (κ3) is 4.32. The number of amides is 1. The van der Waals surface area contributed by atoms with Crippen molar-refractivity contribution in [3.63, 3.8) is 0 Å². The van der Waals surface area contributed by atoms with Crippen LogP contribution in [0.1, 0.15) is 32.3 Å². The van der Waals surface area contributed by atoms with E-state index in [4.69, 9.17) is 10.5 Å². The van der Waals surface area contributed by atoms with Gasteiger partial charge in [0.15, 0.2) is 0 Å². The van der Waals surface area contributed by atoms with Gasteiger partial charge in [-0.05, 0) is 18.9 Å². The summed E-state index contributed by atoms with van der Waals surface area (Å²) < 4.78 is 5.09. The first-order valence-corrected chi connectivity index (χ1v) is 7.16. The Morgan fingerprint density at radius 3 is 2.50 bits per heavy atom. The standard InChI is InChI=1S/C16H26N2O2/c1-4-5-11-18(12-13-20-3)15(19)16(2,17)14-9-7-6-8-10-14/h6-10H,4-5,11-13,17H2,1-3H3. The van der Waals surface area contributed by atoms with Gasteiger partial charge < -0.3 is 15.4 Å². The molecular formula is C16H26N2O2. The third-order valence-electron chi connectivity index (χ3n) is 3.45. The molecular weight excluding hydrogens is 252 g/mol. The van der Waals surface area contributed by atoms with Gasteiger partial charge in [-0.15, -0.1) is 0 Å². The Balaban J connectivity index is 2.86. The van der Waals surface area contributed by atoms with Gasteiger partial charge in [0.1, 0.15) is 5.54 Å². The Morgan fingerprint density at radius 2 is 1.95 bits per heavy atom. The van der Waals surface area contributed by atoms with Crippen molar-refractivity contribution in [2.45, 2.75) is 32.2 Å². The maximum atomic E-state index is 12.7. The number of nitrogens with zero attached hydrogens (tertiary/aromatic N) is 1. The molecule has 1 aromatic rings. The molecule has 0 aliphatic heterocycles. The zero-order chi connectivity index (χ0) is 15.0. The molecule has 1 unspecified atom stereocenters. The molecule has 2 N–H and O–H groups in total. The van der Waals surface area contributed by atoms with Crippen LogP contribution in [-0.2, 0) is 15.1 Å². The highest BCUT2D eigenvalue weighted by molar-refractivity contribution is 5.87. The quantitative estimate of drug-likeness (QED) is 0.792. The number of hydrogen-bond acceptors (Lipinski definition) is 3. The summed E-state index contributed by atoms with van der Waals surface area (Å²) in [5, 5.41) is 0. The Bertz CT molecular complexity index is 396. The van der Waals surface area contributed by atoms with Gasteiger partial charge in [-0.25, -0.2) is 0 Å². The Hall–Kier alpha value is -1.39. The SMILES string of the molecule is CCCCN(CCOC)C(=O)C(C)(N)c1ccccc1. The highest BCUT2D eigenvalue weighted by Gasteiger charge is 2.33. The molecule has 0 bridgehead atoms. The van der Waals surface area contributed by atoms with Crippen LogP contribution in [0.25, 0.3) is 0 Å². The number of nitrogens with two attached hydrogens (primary N) is 1. The van der Waals surface area contributed by atoms with Gasteiger partial charge in [-0.1, -0.05) is 43.7 Å². The van der Waals surface area contributed by atoms with E-state index in [0.29, 0.717) is 13.2 Å². The van der Waals surface area contributed by atoms with Gasteiger partial charge in [0.25, 0.3) is 0 Å². The highest BCUT2D eigenvalue weighted by atomic mass is 16.5. The van der Waals surface area contributed by atoms with E-state index >= 15 is 0 Å². The molecule has 0 aliphatic rings. The number of methoxy groups -OCH3 is 1. The number of unbranched alkanes of at least 4 members (excludes halogenated alkanes) is 1. The third-order valence-corrected chi connectivity index (χ3v) is 3.45. The number of carbonyl (C=O) groups is 1. The maximum Gasteiger partial charge on any atom is 0.247 e. The van der Waals surface area contributed by atoms with Gasteiger partial charge in [0.2, 0.25) is 5.91 Å². The van der Waals surface area contributed by atoms with Crippen molar-refractivity contribution in [2.24, 2.45) is 5.73 Å². The second kappa shape index (κ2) is 8.02. The second-order valence-corrected chi connectivity index (χ2v) is 5.21. The summed E-state index contributed by atoms with van der Waals surface area (Å²) in [5.41, 5.74) is 6.13. The van der Waals surface area contributed by atoms with Crippen molar-refractivity contribution in [3.05, 3.63) is 35.9 Å². The molecule has 0 aromatic heterocycles. The smallest absolute Gasteiger partial charge is 0.247 e. The summed E-state index contributed by atoms with van der Waals surface area (Å²) in [6.45, 7) is 5.71. The van der Waals surface area contributed by atoms with Crippen molar-refractivity contribution >= 4 is 5.91 Å². The van der Waals surface area contributed by atoms with E-state index in [-0.39, 0.29) is 5.91 Å². The van der Waals surface area contributed by atoms with E-state index < -0.39 is 5.54 Å². The number of benzene rings is 1. The monoisotopic (exact) mass is 278 g/mol. The van der Waals surface area contributed by atoms with Crippen LogP contribution in [-0.4, -0.2) is 37.6 Å². The van der Waals surface area contributed by atoms with Crippen molar-refractivity contribution in [3.8, 4) is 0 Å².